The van der Waals surface area contributed by atoms with Crippen molar-refractivity contribution >= 4 is 5.78 Å². The van der Waals surface area contributed by atoms with Crippen molar-refractivity contribution in [1.82, 2.24) is 0 Å². The zero-order valence-electron chi connectivity index (χ0n) is 19.5. The number of aliphatic hydroxyl groups excluding tert-OH is 1. The van der Waals surface area contributed by atoms with Gasteiger partial charge in [-0.15, -0.1) is 0 Å². The molecule has 0 heterocycles. The molecule has 0 bridgehead atoms. The monoisotopic (exact) mass is 400 g/mol. The molecule has 29 heavy (non-hydrogen) atoms. The normalized spacial score (nSPS) is 45.4. The molecule has 0 aromatic heterocycles. The average Bonchev–Trinajstić information content (AvgIpc) is 3.00. The van der Waals surface area contributed by atoms with Crippen molar-refractivity contribution in [1.29, 1.82) is 0 Å². The van der Waals surface area contributed by atoms with Gasteiger partial charge < -0.3 is 5.11 Å². The second-order valence-corrected chi connectivity index (χ2v) is 12.1. The molecule has 1 N–H and O–H groups in total. The predicted molar refractivity (Wildman–Crippen MR) is 119 cm³/mol. The standard InChI is InChI=1S/C27H44O2/c1-17(2)7-6-8-18(3)21-9-10-22-20-16-25(29)24-15-19(28)11-13-27(24,5)23(20)12-14-26(21,22)4/h15,17-18,20-23,25,29H,6-14,16H2,1-5H3. The van der Waals surface area contributed by atoms with Gasteiger partial charge in [-0.05, 0) is 96.5 Å². The molecular weight excluding hydrogens is 356 g/mol. The molecule has 2 heteroatoms. The first-order valence-corrected chi connectivity index (χ1v) is 12.6. The Labute approximate surface area is 178 Å². The van der Waals surface area contributed by atoms with Gasteiger partial charge in [0.2, 0.25) is 0 Å². The van der Waals surface area contributed by atoms with E-state index in [1.807, 2.05) is 6.08 Å². The lowest BCUT2D eigenvalue weighted by Gasteiger charge is -2.59. The van der Waals surface area contributed by atoms with Gasteiger partial charge in [0.1, 0.15) is 0 Å². The second-order valence-electron chi connectivity index (χ2n) is 12.1. The number of ketones is 1. The summed E-state index contributed by atoms with van der Waals surface area (Å²) in [5, 5.41) is 11.1. The van der Waals surface area contributed by atoms with Crippen LogP contribution in [-0.2, 0) is 4.79 Å². The highest BCUT2D eigenvalue weighted by Crippen LogP contribution is 2.67. The van der Waals surface area contributed by atoms with Crippen molar-refractivity contribution in [3.05, 3.63) is 11.6 Å². The number of rotatable bonds is 5. The first kappa shape index (κ1) is 21.6. The van der Waals surface area contributed by atoms with Crippen LogP contribution in [0.25, 0.3) is 0 Å². The number of carbonyl (C=O) groups is 1. The van der Waals surface area contributed by atoms with Gasteiger partial charge >= 0.3 is 0 Å². The minimum absolute atomic E-state index is 0.0541. The van der Waals surface area contributed by atoms with Crippen LogP contribution in [-0.4, -0.2) is 17.0 Å². The van der Waals surface area contributed by atoms with Crippen LogP contribution in [0.5, 0.6) is 0 Å². The molecule has 3 fully saturated rings. The largest absolute Gasteiger partial charge is 0.389 e. The first-order valence-electron chi connectivity index (χ1n) is 12.6. The van der Waals surface area contributed by atoms with Crippen LogP contribution in [0.2, 0.25) is 0 Å². The van der Waals surface area contributed by atoms with Crippen molar-refractivity contribution in [3.63, 3.8) is 0 Å². The highest BCUT2D eigenvalue weighted by molar-refractivity contribution is 5.91. The van der Waals surface area contributed by atoms with Gasteiger partial charge in [0.15, 0.2) is 5.78 Å². The molecule has 8 atom stereocenters. The maximum absolute atomic E-state index is 12.1. The van der Waals surface area contributed by atoms with E-state index in [9.17, 15) is 9.90 Å². The van der Waals surface area contributed by atoms with Gasteiger partial charge in [0, 0.05) is 6.42 Å². The van der Waals surface area contributed by atoms with Crippen molar-refractivity contribution in [2.75, 3.05) is 0 Å². The molecule has 4 aliphatic rings. The summed E-state index contributed by atoms with van der Waals surface area (Å²) < 4.78 is 0. The van der Waals surface area contributed by atoms with Gasteiger partial charge in [-0.1, -0.05) is 53.9 Å². The number of hydrogen-bond donors (Lipinski definition) is 1. The van der Waals surface area contributed by atoms with Gasteiger partial charge in [-0.25, -0.2) is 0 Å². The number of aliphatic hydroxyl groups is 1. The highest BCUT2D eigenvalue weighted by atomic mass is 16.3. The molecule has 2 nitrogen and oxygen atoms in total. The third kappa shape index (κ3) is 3.56. The van der Waals surface area contributed by atoms with E-state index in [1.54, 1.807) is 0 Å². The van der Waals surface area contributed by atoms with Crippen LogP contribution in [0.4, 0.5) is 0 Å². The van der Waals surface area contributed by atoms with Gasteiger partial charge in [-0.3, -0.25) is 4.79 Å². The van der Waals surface area contributed by atoms with Crippen LogP contribution in [0.3, 0.4) is 0 Å². The molecule has 0 aromatic rings. The zero-order chi connectivity index (χ0) is 21.0. The molecule has 3 saturated carbocycles. The lowest BCUT2D eigenvalue weighted by atomic mass is 9.46. The summed E-state index contributed by atoms with van der Waals surface area (Å²) in [5.74, 6) is 4.81. The van der Waals surface area contributed by atoms with E-state index in [-0.39, 0.29) is 11.2 Å². The van der Waals surface area contributed by atoms with Crippen LogP contribution < -0.4 is 0 Å². The van der Waals surface area contributed by atoms with Crippen LogP contribution in [0.15, 0.2) is 11.6 Å². The van der Waals surface area contributed by atoms with E-state index < -0.39 is 6.10 Å². The maximum Gasteiger partial charge on any atom is 0.155 e. The molecule has 0 saturated heterocycles. The molecule has 4 aliphatic carbocycles. The van der Waals surface area contributed by atoms with E-state index in [0.717, 1.165) is 42.1 Å². The third-order valence-corrected chi connectivity index (χ3v) is 10.2. The zero-order valence-corrected chi connectivity index (χ0v) is 19.5. The Balaban J connectivity index is 1.53. The molecule has 0 aromatic carbocycles. The lowest BCUT2D eigenvalue weighted by molar-refractivity contribution is -0.119. The van der Waals surface area contributed by atoms with Crippen LogP contribution in [0.1, 0.15) is 98.8 Å². The first-order chi connectivity index (χ1) is 13.7. The minimum atomic E-state index is -0.393. The Morgan fingerprint density at radius 3 is 2.55 bits per heavy atom. The highest BCUT2D eigenvalue weighted by Gasteiger charge is 2.60. The Hall–Kier alpha value is -0.630. The summed E-state index contributed by atoms with van der Waals surface area (Å²) in [4.78, 5) is 12.1. The Morgan fingerprint density at radius 2 is 1.83 bits per heavy atom. The molecule has 4 rings (SSSR count). The molecule has 164 valence electrons. The summed E-state index contributed by atoms with van der Waals surface area (Å²) in [6, 6.07) is 0. The van der Waals surface area contributed by atoms with Crippen molar-refractivity contribution in [3.8, 4) is 0 Å². The van der Waals surface area contributed by atoms with E-state index in [4.69, 9.17) is 0 Å². The maximum atomic E-state index is 12.1. The van der Waals surface area contributed by atoms with Gasteiger partial charge in [0.25, 0.3) is 0 Å². The van der Waals surface area contributed by atoms with E-state index in [0.29, 0.717) is 23.7 Å². The molecule has 0 aliphatic heterocycles. The summed E-state index contributed by atoms with van der Waals surface area (Å²) >= 11 is 0. The molecule has 8 unspecified atom stereocenters. The number of carbonyl (C=O) groups excluding carboxylic acids is 1. The summed E-state index contributed by atoms with van der Waals surface area (Å²) in [6.07, 6.45) is 13.5. The van der Waals surface area contributed by atoms with Crippen LogP contribution >= 0.6 is 0 Å². The fraction of sp³-hybridized carbons (Fsp3) is 0.889. The Bertz CT molecular complexity index is 663. The minimum Gasteiger partial charge on any atom is -0.389 e. The van der Waals surface area contributed by atoms with Crippen LogP contribution in [0, 0.1) is 46.3 Å². The van der Waals surface area contributed by atoms with Crippen molar-refractivity contribution in [2.24, 2.45) is 46.3 Å². The number of hydrogen-bond acceptors (Lipinski definition) is 2. The summed E-state index contributed by atoms with van der Waals surface area (Å²) in [7, 11) is 0. The molecule has 0 spiro atoms. The Morgan fingerprint density at radius 1 is 1.07 bits per heavy atom. The summed E-state index contributed by atoms with van der Waals surface area (Å²) in [6.45, 7) is 12.2. The smallest absolute Gasteiger partial charge is 0.155 e. The quantitative estimate of drug-likeness (QED) is 0.567. The molecular formula is C27H44O2. The lowest BCUT2D eigenvalue weighted by Crippen LogP contribution is -2.54. The van der Waals surface area contributed by atoms with Gasteiger partial charge in [-0.2, -0.15) is 0 Å². The average molecular weight is 401 g/mol. The predicted octanol–water partition coefficient (Wildman–Crippen LogP) is 6.57. The second kappa shape index (κ2) is 7.81. The third-order valence-electron chi connectivity index (χ3n) is 10.2. The van der Waals surface area contributed by atoms with Crippen molar-refractivity contribution in [2.45, 2.75) is 105 Å². The SMILES string of the molecule is CC(C)CCCC(C)C1CCC2C3CC(O)C4=CC(=O)CCC4(C)C3CCC12C. The fourth-order valence-corrected chi connectivity index (χ4v) is 8.63. The van der Waals surface area contributed by atoms with Gasteiger partial charge in [0.05, 0.1) is 6.10 Å². The number of fused-ring (bicyclic) bond motifs is 5. The summed E-state index contributed by atoms with van der Waals surface area (Å²) in [5.41, 5.74) is 1.59. The van der Waals surface area contributed by atoms with E-state index in [2.05, 4.69) is 34.6 Å². The fourth-order valence-electron chi connectivity index (χ4n) is 8.63. The molecule has 0 radical (unpaired) electrons. The topological polar surface area (TPSA) is 37.3 Å². The van der Waals surface area contributed by atoms with E-state index >= 15 is 0 Å². The van der Waals surface area contributed by atoms with E-state index in [1.165, 1.54) is 44.9 Å². The van der Waals surface area contributed by atoms with Crippen molar-refractivity contribution < 1.29 is 9.90 Å². The molecule has 0 amide bonds. The Kier molecular flexibility index (Phi) is 5.82.